The van der Waals surface area contributed by atoms with Crippen molar-refractivity contribution in [2.45, 2.75) is 19.4 Å². The van der Waals surface area contributed by atoms with Gasteiger partial charge in [0.1, 0.15) is 0 Å². The first-order valence-electron chi connectivity index (χ1n) is 5.85. The lowest BCUT2D eigenvalue weighted by Crippen LogP contribution is -2.26. The Hall–Kier alpha value is -0.900. The van der Waals surface area contributed by atoms with Crippen molar-refractivity contribution < 1.29 is 10.2 Å². The third-order valence-corrected chi connectivity index (χ3v) is 2.51. The van der Waals surface area contributed by atoms with Crippen LogP contribution >= 0.6 is 0 Å². The van der Waals surface area contributed by atoms with Crippen LogP contribution in [0.5, 0.6) is 0 Å². The molecule has 3 heteroatoms. The van der Waals surface area contributed by atoms with Gasteiger partial charge in [0, 0.05) is 32.8 Å². The Morgan fingerprint density at radius 2 is 1.44 bits per heavy atom. The van der Waals surface area contributed by atoms with E-state index in [1.165, 1.54) is 5.56 Å². The fourth-order valence-corrected chi connectivity index (χ4v) is 1.70. The zero-order chi connectivity index (χ0) is 11.6. The van der Waals surface area contributed by atoms with Crippen LogP contribution in [-0.2, 0) is 6.54 Å². The van der Waals surface area contributed by atoms with Crippen LogP contribution in [0.25, 0.3) is 0 Å². The molecule has 0 fully saturated rings. The Balaban J connectivity index is 2.42. The molecule has 0 spiro atoms. The quantitative estimate of drug-likeness (QED) is 0.697. The normalized spacial score (nSPS) is 10.9. The highest BCUT2D eigenvalue weighted by Crippen LogP contribution is 2.05. The second-order valence-electron chi connectivity index (χ2n) is 3.92. The molecule has 0 amide bonds. The Morgan fingerprint density at radius 1 is 0.875 bits per heavy atom. The topological polar surface area (TPSA) is 43.7 Å². The molecule has 0 saturated carbocycles. The third kappa shape index (κ3) is 5.26. The molecule has 0 saturated heterocycles. The van der Waals surface area contributed by atoms with Crippen LogP contribution in [-0.4, -0.2) is 41.4 Å². The number of benzene rings is 1. The summed E-state index contributed by atoms with van der Waals surface area (Å²) in [6, 6.07) is 10.3. The monoisotopic (exact) mass is 223 g/mol. The van der Waals surface area contributed by atoms with E-state index in [2.05, 4.69) is 17.0 Å². The fraction of sp³-hybridized carbons (Fsp3) is 0.538. The molecule has 0 aliphatic rings. The molecule has 3 nitrogen and oxygen atoms in total. The van der Waals surface area contributed by atoms with Gasteiger partial charge in [-0.15, -0.1) is 0 Å². The lowest BCUT2D eigenvalue weighted by atomic mass is 10.2. The number of aliphatic hydroxyl groups is 2. The number of rotatable bonds is 8. The van der Waals surface area contributed by atoms with Gasteiger partial charge in [0.2, 0.25) is 0 Å². The van der Waals surface area contributed by atoms with Gasteiger partial charge in [-0.05, 0) is 18.4 Å². The molecular formula is C13H21NO2. The Bertz CT molecular complexity index is 256. The first-order chi connectivity index (χ1) is 7.86. The van der Waals surface area contributed by atoms with Gasteiger partial charge in [-0.2, -0.15) is 0 Å². The van der Waals surface area contributed by atoms with Crippen LogP contribution < -0.4 is 0 Å². The van der Waals surface area contributed by atoms with Gasteiger partial charge in [0.25, 0.3) is 0 Å². The van der Waals surface area contributed by atoms with E-state index < -0.39 is 0 Å². The van der Waals surface area contributed by atoms with E-state index in [-0.39, 0.29) is 13.2 Å². The molecule has 90 valence electrons. The molecule has 0 aliphatic carbocycles. The lowest BCUT2D eigenvalue weighted by molar-refractivity contribution is 0.196. The molecule has 0 radical (unpaired) electrons. The number of hydrogen-bond acceptors (Lipinski definition) is 3. The van der Waals surface area contributed by atoms with Gasteiger partial charge in [-0.1, -0.05) is 30.3 Å². The molecule has 0 atom stereocenters. The van der Waals surface area contributed by atoms with Gasteiger partial charge in [-0.25, -0.2) is 0 Å². The molecular weight excluding hydrogens is 202 g/mol. The first kappa shape index (κ1) is 13.2. The van der Waals surface area contributed by atoms with Crippen molar-refractivity contribution in [3.63, 3.8) is 0 Å². The van der Waals surface area contributed by atoms with Gasteiger partial charge < -0.3 is 10.2 Å². The van der Waals surface area contributed by atoms with E-state index in [1.807, 2.05) is 18.2 Å². The minimum Gasteiger partial charge on any atom is -0.396 e. The molecule has 0 aromatic heterocycles. The summed E-state index contributed by atoms with van der Waals surface area (Å²) in [7, 11) is 0. The highest BCUT2D eigenvalue weighted by atomic mass is 16.3. The summed E-state index contributed by atoms with van der Waals surface area (Å²) >= 11 is 0. The van der Waals surface area contributed by atoms with Crippen LogP contribution in [0.1, 0.15) is 18.4 Å². The molecule has 1 aromatic carbocycles. The van der Waals surface area contributed by atoms with Crippen molar-refractivity contribution in [2.24, 2.45) is 0 Å². The van der Waals surface area contributed by atoms with E-state index in [1.54, 1.807) is 0 Å². The standard InChI is InChI=1S/C13H21NO2/c15-10-4-8-14(9-5-11-16)12-13-6-2-1-3-7-13/h1-3,6-7,15-16H,4-5,8-12H2. The summed E-state index contributed by atoms with van der Waals surface area (Å²) in [6.45, 7) is 3.10. The van der Waals surface area contributed by atoms with Crippen molar-refractivity contribution in [1.29, 1.82) is 0 Å². The Morgan fingerprint density at radius 3 is 1.94 bits per heavy atom. The largest absolute Gasteiger partial charge is 0.396 e. The molecule has 2 N–H and O–H groups in total. The first-order valence-corrected chi connectivity index (χ1v) is 5.85. The zero-order valence-corrected chi connectivity index (χ0v) is 9.68. The maximum absolute atomic E-state index is 8.83. The predicted octanol–water partition coefficient (Wildman–Crippen LogP) is 1.25. The van der Waals surface area contributed by atoms with E-state index in [4.69, 9.17) is 10.2 Å². The van der Waals surface area contributed by atoms with Crippen molar-refractivity contribution in [1.82, 2.24) is 4.90 Å². The SMILES string of the molecule is OCCCN(CCCO)Cc1ccccc1. The maximum atomic E-state index is 8.83. The van der Waals surface area contributed by atoms with Gasteiger partial charge >= 0.3 is 0 Å². The Kier molecular flexibility index (Phi) is 6.81. The van der Waals surface area contributed by atoms with Crippen molar-refractivity contribution >= 4 is 0 Å². The number of hydrogen-bond donors (Lipinski definition) is 2. The predicted molar refractivity (Wildman–Crippen MR) is 65.1 cm³/mol. The summed E-state index contributed by atoms with van der Waals surface area (Å²) < 4.78 is 0. The summed E-state index contributed by atoms with van der Waals surface area (Å²) in [5, 5.41) is 17.7. The molecule has 1 rings (SSSR count). The van der Waals surface area contributed by atoms with Crippen molar-refractivity contribution in [3.05, 3.63) is 35.9 Å². The number of aliphatic hydroxyl groups excluding tert-OH is 2. The van der Waals surface area contributed by atoms with E-state index >= 15 is 0 Å². The molecule has 16 heavy (non-hydrogen) atoms. The summed E-state index contributed by atoms with van der Waals surface area (Å²) in [5.41, 5.74) is 1.28. The molecule has 0 unspecified atom stereocenters. The molecule has 0 heterocycles. The highest BCUT2D eigenvalue weighted by Gasteiger charge is 2.04. The highest BCUT2D eigenvalue weighted by molar-refractivity contribution is 5.14. The van der Waals surface area contributed by atoms with Crippen LogP contribution in [0.2, 0.25) is 0 Å². The van der Waals surface area contributed by atoms with Gasteiger partial charge in [-0.3, -0.25) is 4.90 Å². The fourth-order valence-electron chi connectivity index (χ4n) is 1.70. The number of nitrogens with zero attached hydrogens (tertiary/aromatic N) is 1. The average Bonchev–Trinajstić information content (AvgIpc) is 2.34. The van der Waals surface area contributed by atoms with E-state index in [9.17, 15) is 0 Å². The second-order valence-corrected chi connectivity index (χ2v) is 3.92. The molecule has 1 aromatic rings. The summed E-state index contributed by atoms with van der Waals surface area (Å²) in [4.78, 5) is 2.27. The van der Waals surface area contributed by atoms with Crippen LogP contribution in [0, 0.1) is 0 Å². The van der Waals surface area contributed by atoms with Crippen molar-refractivity contribution in [2.75, 3.05) is 26.3 Å². The minimum absolute atomic E-state index is 0.227. The summed E-state index contributed by atoms with van der Waals surface area (Å²) in [6.07, 6.45) is 1.58. The minimum atomic E-state index is 0.227. The Labute approximate surface area is 97.3 Å². The smallest absolute Gasteiger partial charge is 0.0443 e. The molecule has 0 aliphatic heterocycles. The van der Waals surface area contributed by atoms with Crippen LogP contribution in [0.15, 0.2) is 30.3 Å². The van der Waals surface area contributed by atoms with Crippen LogP contribution in [0.3, 0.4) is 0 Å². The maximum Gasteiger partial charge on any atom is 0.0443 e. The van der Waals surface area contributed by atoms with Crippen molar-refractivity contribution in [3.8, 4) is 0 Å². The lowest BCUT2D eigenvalue weighted by Gasteiger charge is -2.21. The van der Waals surface area contributed by atoms with Gasteiger partial charge in [0.15, 0.2) is 0 Å². The van der Waals surface area contributed by atoms with Crippen LogP contribution in [0.4, 0.5) is 0 Å². The van der Waals surface area contributed by atoms with E-state index in [0.29, 0.717) is 0 Å². The van der Waals surface area contributed by atoms with Gasteiger partial charge in [0.05, 0.1) is 0 Å². The zero-order valence-electron chi connectivity index (χ0n) is 9.68. The summed E-state index contributed by atoms with van der Waals surface area (Å²) in [5.74, 6) is 0. The third-order valence-electron chi connectivity index (χ3n) is 2.51. The van der Waals surface area contributed by atoms with E-state index in [0.717, 1.165) is 32.5 Å². The molecule has 0 bridgehead atoms. The average molecular weight is 223 g/mol. The second kappa shape index (κ2) is 8.28.